The molecule has 0 heterocycles. The standard InChI is InChI=1S/C14H19F13O3Si.C13H13F17O3Si.C8H4Cl3F13Si/c1-4-28-31(29-5-2,30-6-3)8-7-9(15,16)10(17,18)11(19,20)12(21,22)13(23,24)14(25,26)27;1-31-34(32-2,33-3)5-4-6(14,15)7(16,17)8(18,19)9(20,21)10(22,23)11(24,25)12(26,27)13(28,29)30;9-25(10,11)2-1-3(12,13)4(14,15)5(16,17)6(18,19)7(20,21)8(22,23)24/h4-8H2,1-3H3;4-5H2,1-3H3;1-2H2. The smallest absolute Gasteiger partial charge is 0.377 e. The summed E-state index contributed by atoms with van der Waals surface area (Å²) in [6, 6.07) is -8.63. The Morgan fingerprint density at radius 3 is 0.544 bits per heavy atom. The maximum Gasteiger partial charge on any atom is 0.501 e. The molecule has 0 aromatic rings. The number of alkyl halides is 43. The normalized spacial score (nSPS) is 16.0. The predicted molar refractivity (Wildman–Crippen MR) is 221 cm³/mol. The highest BCUT2D eigenvalue weighted by atomic mass is 35.8. The van der Waals surface area contributed by atoms with Gasteiger partial charge in [-0.25, -0.2) is 0 Å². The molecule has 546 valence electrons. The van der Waals surface area contributed by atoms with Gasteiger partial charge in [0.15, 0.2) is 0 Å². The summed E-state index contributed by atoms with van der Waals surface area (Å²) in [6.07, 6.45) is -30.2. The summed E-state index contributed by atoms with van der Waals surface area (Å²) < 4.78 is 588. The minimum absolute atomic E-state index is 0.291. The maximum absolute atomic E-state index is 13.9. The Hall–Kier alpha value is -1.73. The molecule has 90 heavy (non-hydrogen) atoms. The Balaban J connectivity index is -0.00000128. The quantitative estimate of drug-likeness (QED) is 0.0380. The average molecular weight is 1560 g/mol. The second-order valence-corrected chi connectivity index (χ2v) is 32.1. The monoisotopic (exact) mass is 1560 g/mol. The van der Waals surface area contributed by atoms with E-state index in [0.717, 1.165) is 0 Å². The third-order valence-electron chi connectivity index (χ3n) is 11.0. The molecule has 0 aromatic carbocycles. The van der Waals surface area contributed by atoms with Gasteiger partial charge in [0.25, 0.3) is 0 Å². The van der Waals surface area contributed by atoms with Crippen LogP contribution >= 0.6 is 33.2 Å². The highest BCUT2D eigenvalue weighted by molar-refractivity contribution is 7.64. The van der Waals surface area contributed by atoms with E-state index in [1.807, 2.05) is 0 Å². The summed E-state index contributed by atoms with van der Waals surface area (Å²) in [5.74, 6) is -130. The fourth-order valence-electron chi connectivity index (χ4n) is 5.75. The minimum Gasteiger partial charge on any atom is -0.377 e. The molecule has 6 nitrogen and oxygen atoms in total. The zero-order valence-electron chi connectivity index (χ0n) is 43.7. The lowest BCUT2D eigenvalue weighted by Gasteiger charge is -2.43. The highest BCUT2D eigenvalue weighted by Gasteiger charge is 2.96. The molecule has 0 saturated carbocycles. The molecule has 0 atom stereocenters. The molecule has 0 unspecified atom stereocenters. The molecule has 0 aromatic heterocycles. The van der Waals surface area contributed by atoms with Gasteiger partial charge in [-0.2, -0.15) is 189 Å². The van der Waals surface area contributed by atoms with Crippen molar-refractivity contribution >= 4 is 56.8 Å². The van der Waals surface area contributed by atoms with Crippen LogP contribution in [0.15, 0.2) is 0 Å². The molecule has 0 aliphatic heterocycles. The van der Waals surface area contributed by atoms with E-state index in [2.05, 4.69) is 13.3 Å². The van der Waals surface area contributed by atoms with E-state index >= 15 is 0 Å². The van der Waals surface area contributed by atoms with Gasteiger partial charge in [0, 0.05) is 72.5 Å². The Morgan fingerprint density at radius 2 is 0.389 bits per heavy atom. The zero-order valence-corrected chi connectivity index (χ0v) is 49.0. The van der Waals surface area contributed by atoms with Gasteiger partial charge in [0.2, 0.25) is 0 Å². The van der Waals surface area contributed by atoms with Crippen LogP contribution in [0.3, 0.4) is 0 Å². The molecule has 0 amide bonds. The average Bonchev–Trinajstić information content (AvgIpc) is 0.787. The summed E-state index contributed by atoms with van der Waals surface area (Å²) in [5, 5.41) is 0. The van der Waals surface area contributed by atoms with Crippen molar-refractivity contribution in [3.8, 4) is 0 Å². The minimum atomic E-state index is -8.65. The van der Waals surface area contributed by atoms with Gasteiger partial charge in [-0.15, -0.1) is 33.2 Å². The molecule has 0 saturated heterocycles. The second kappa shape index (κ2) is 28.4. The van der Waals surface area contributed by atoms with E-state index in [0.29, 0.717) is 21.3 Å². The van der Waals surface area contributed by atoms with Crippen molar-refractivity contribution in [2.45, 2.75) is 177 Å². The lowest BCUT2D eigenvalue weighted by molar-refractivity contribution is -0.461. The van der Waals surface area contributed by atoms with E-state index in [-0.39, 0.29) is 19.8 Å². The molecule has 0 aliphatic carbocycles. The molecular weight excluding hydrogens is 1520 g/mol. The third kappa shape index (κ3) is 16.8. The number of hydrogen-bond acceptors (Lipinski definition) is 6. The summed E-state index contributed by atoms with van der Waals surface area (Å²) in [4.78, 5) is 0. The molecule has 0 aliphatic rings. The van der Waals surface area contributed by atoms with Crippen molar-refractivity contribution < 1.29 is 215 Å². The predicted octanol–water partition coefficient (Wildman–Crippen LogP) is 19.2. The van der Waals surface area contributed by atoms with E-state index in [1.165, 1.54) is 20.8 Å². The van der Waals surface area contributed by atoms with E-state index in [4.69, 9.17) is 46.5 Å². The van der Waals surface area contributed by atoms with Crippen molar-refractivity contribution in [1.29, 1.82) is 0 Å². The number of halogens is 46. The van der Waals surface area contributed by atoms with Crippen LogP contribution in [-0.4, -0.2) is 184 Å². The van der Waals surface area contributed by atoms with E-state index in [9.17, 15) is 189 Å². The zero-order chi connectivity index (χ0) is 74.1. The summed E-state index contributed by atoms with van der Waals surface area (Å²) in [6.45, 7) is 3.00. The first kappa shape index (κ1) is 92.5. The van der Waals surface area contributed by atoms with Crippen LogP contribution in [0.1, 0.15) is 40.0 Å². The van der Waals surface area contributed by atoms with Crippen molar-refractivity contribution in [1.82, 2.24) is 0 Å². The van der Waals surface area contributed by atoms with Gasteiger partial charge in [0.05, 0.1) is 0 Å². The SMILES string of the molecule is CCO[Si](CCC(F)(F)C(F)(F)C(F)(F)C(F)(F)C(F)(F)C(F)(F)F)(OCC)OCC.CO[Si](CCC(F)(F)C(F)(F)C(F)(F)C(F)(F)C(F)(F)C(F)(F)C(F)(F)C(F)(F)F)(OC)OC.FC(F)(F)C(F)(F)C(F)(F)C(F)(F)C(F)(F)C(F)(F)CC[Si](Cl)(Cl)Cl. The fourth-order valence-corrected chi connectivity index (χ4v) is 11.6. The highest BCUT2D eigenvalue weighted by Crippen LogP contribution is 2.66. The van der Waals surface area contributed by atoms with Crippen molar-refractivity contribution in [3.63, 3.8) is 0 Å². The first-order chi connectivity index (χ1) is 38.7. The molecule has 0 N–H and O–H groups in total. The molecule has 0 radical (unpaired) electrons. The third-order valence-corrected chi connectivity index (χ3v) is 19.3. The summed E-state index contributed by atoms with van der Waals surface area (Å²) >= 11 is 15.0. The van der Waals surface area contributed by atoms with E-state index in [1.54, 1.807) is 0 Å². The maximum atomic E-state index is 13.9. The largest absolute Gasteiger partial charge is 0.501 e. The van der Waals surface area contributed by atoms with Crippen LogP contribution in [0.5, 0.6) is 0 Å². The molecule has 55 heteroatoms. The number of rotatable bonds is 32. The molecule has 0 fully saturated rings. The van der Waals surface area contributed by atoms with Gasteiger partial charge in [-0.3, -0.25) is 0 Å². The lowest BCUT2D eigenvalue weighted by Crippen LogP contribution is -2.74. The van der Waals surface area contributed by atoms with Crippen LogP contribution in [0, 0.1) is 0 Å². The molecular formula is C35H36Cl3F43O6Si3. The van der Waals surface area contributed by atoms with Crippen molar-refractivity contribution in [2.24, 2.45) is 0 Å². The second-order valence-electron chi connectivity index (χ2n) is 17.0. The Morgan fingerprint density at radius 1 is 0.233 bits per heavy atom. The first-order valence-electron chi connectivity index (χ1n) is 22.0. The topological polar surface area (TPSA) is 55.4 Å². The molecule has 0 spiro atoms. The van der Waals surface area contributed by atoms with Crippen LogP contribution in [-0.2, 0) is 26.6 Å². The van der Waals surface area contributed by atoms with Crippen LogP contribution in [0.2, 0.25) is 18.1 Å². The van der Waals surface area contributed by atoms with Crippen LogP contribution in [0.4, 0.5) is 189 Å². The van der Waals surface area contributed by atoms with Crippen LogP contribution in [0.25, 0.3) is 0 Å². The van der Waals surface area contributed by atoms with Gasteiger partial charge in [0.1, 0.15) is 0 Å². The Kier molecular flexibility index (Phi) is 29.2. The lowest BCUT2D eigenvalue weighted by atomic mass is 9.88. The Labute approximate surface area is 490 Å². The van der Waals surface area contributed by atoms with Gasteiger partial charge < -0.3 is 26.6 Å². The van der Waals surface area contributed by atoms with Crippen molar-refractivity contribution in [3.05, 3.63) is 0 Å². The molecule has 0 rings (SSSR count). The van der Waals surface area contributed by atoms with Gasteiger partial charge >= 0.3 is 143 Å². The van der Waals surface area contributed by atoms with Gasteiger partial charge in [-0.1, -0.05) is 0 Å². The fraction of sp³-hybridized carbons (Fsp3) is 1.00. The summed E-state index contributed by atoms with van der Waals surface area (Å²) in [5.41, 5.74) is 0. The summed E-state index contributed by atoms with van der Waals surface area (Å²) in [7, 11) is -6.59. The van der Waals surface area contributed by atoms with E-state index < -0.39 is 180 Å². The van der Waals surface area contributed by atoms with Crippen molar-refractivity contribution in [2.75, 3.05) is 41.2 Å². The Bertz CT molecular complexity index is 2230. The molecule has 0 bridgehead atoms. The number of hydrogen-bond donors (Lipinski definition) is 0. The first-order valence-corrected chi connectivity index (χ1v) is 31.1. The van der Waals surface area contributed by atoms with Gasteiger partial charge in [-0.05, 0) is 26.8 Å². The van der Waals surface area contributed by atoms with Crippen LogP contribution < -0.4 is 0 Å².